The van der Waals surface area contributed by atoms with Gasteiger partial charge in [0, 0.05) is 15.8 Å². The molecule has 0 aliphatic heterocycles. The Labute approximate surface area is 143 Å². The van der Waals surface area contributed by atoms with Crippen LogP contribution in [0.2, 0.25) is 0 Å². The molecule has 1 aromatic heterocycles. The van der Waals surface area contributed by atoms with Crippen molar-refractivity contribution >= 4 is 39.2 Å². The van der Waals surface area contributed by atoms with E-state index in [2.05, 4.69) is 21.2 Å². The van der Waals surface area contributed by atoms with Crippen LogP contribution in [0.25, 0.3) is 6.08 Å². The van der Waals surface area contributed by atoms with Crippen LogP contribution in [0, 0.1) is 6.92 Å². The van der Waals surface area contributed by atoms with E-state index in [0.29, 0.717) is 0 Å². The molecule has 0 fully saturated rings. The first-order valence-electron chi connectivity index (χ1n) is 6.88. The number of rotatable bonds is 5. The minimum Gasteiger partial charge on any atom is -0.496 e. The summed E-state index contributed by atoms with van der Waals surface area (Å²) < 4.78 is 6.08. The number of benzene rings is 1. The van der Waals surface area contributed by atoms with E-state index < -0.39 is 0 Å². The molecule has 0 saturated heterocycles. The number of methoxy groups -OCH3 is 1. The summed E-state index contributed by atoms with van der Waals surface area (Å²) in [5.74, 6) is 0.667. The van der Waals surface area contributed by atoms with Crippen molar-refractivity contribution in [2.24, 2.45) is 0 Å². The summed E-state index contributed by atoms with van der Waals surface area (Å²) >= 11 is 5.12. The van der Waals surface area contributed by atoms with Crippen molar-refractivity contribution in [2.45, 2.75) is 19.9 Å². The van der Waals surface area contributed by atoms with Crippen LogP contribution in [0.4, 0.5) is 0 Å². The molecule has 0 aliphatic rings. The minimum atomic E-state index is -0.106. The number of amides is 1. The zero-order valence-corrected chi connectivity index (χ0v) is 15.1. The summed E-state index contributed by atoms with van der Waals surface area (Å²) in [6.07, 6.45) is 3.41. The van der Waals surface area contributed by atoms with Gasteiger partial charge in [-0.25, -0.2) is 0 Å². The Kier molecular flexibility index (Phi) is 5.80. The molecule has 1 atom stereocenters. The Bertz CT molecular complexity index is 694. The van der Waals surface area contributed by atoms with Gasteiger partial charge in [-0.05, 0) is 65.7 Å². The fourth-order valence-corrected chi connectivity index (χ4v) is 3.34. The topological polar surface area (TPSA) is 38.3 Å². The standard InChI is InChI=1S/C17H18BrNO2S/c1-11-4-6-14(22-11)7-9-17(20)19-12(2)13-5-8-16(21-3)15(18)10-13/h4-10,12H,1-3H3,(H,19,20)/b9-7+/t12-/m0/s1. The number of carbonyl (C=O) groups is 1. The number of ether oxygens (including phenoxy) is 1. The van der Waals surface area contributed by atoms with E-state index in [4.69, 9.17) is 4.74 Å². The summed E-state index contributed by atoms with van der Waals surface area (Å²) in [5.41, 5.74) is 1.02. The fraction of sp³-hybridized carbons (Fsp3) is 0.235. The maximum atomic E-state index is 12.0. The summed E-state index contributed by atoms with van der Waals surface area (Å²) in [7, 11) is 1.63. The lowest BCUT2D eigenvalue weighted by Crippen LogP contribution is -2.24. The number of nitrogens with one attached hydrogen (secondary N) is 1. The third-order valence-electron chi connectivity index (χ3n) is 3.19. The van der Waals surface area contributed by atoms with Gasteiger partial charge >= 0.3 is 0 Å². The predicted octanol–water partition coefficient (Wildman–Crippen LogP) is 4.72. The average molecular weight is 380 g/mol. The van der Waals surface area contributed by atoms with Crippen molar-refractivity contribution < 1.29 is 9.53 Å². The molecular formula is C17H18BrNO2S. The molecule has 1 heterocycles. The number of halogens is 1. The van der Waals surface area contributed by atoms with Gasteiger partial charge in [0.2, 0.25) is 5.91 Å². The second kappa shape index (κ2) is 7.61. The van der Waals surface area contributed by atoms with Gasteiger partial charge in [0.05, 0.1) is 17.6 Å². The summed E-state index contributed by atoms with van der Waals surface area (Å²) in [4.78, 5) is 14.3. The van der Waals surface area contributed by atoms with Crippen LogP contribution in [-0.2, 0) is 4.79 Å². The molecule has 0 spiro atoms. The van der Waals surface area contributed by atoms with Crippen molar-refractivity contribution in [3.8, 4) is 5.75 Å². The molecule has 1 aromatic carbocycles. The number of hydrogen-bond donors (Lipinski definition) is 1. The molecule has 22 heavy (non-hydrogen) atoms. The van der Waals surface area contributed by atoms with Crippen LogP contribution >= 0.6 is 27.3 Å². The van der Waals surface area contributed by atoms with Crippen LogP contribution < -0.4 is 10.1 Å². The van der Waals surface area contributed by atoms with E-state index in [0.717, 1.165) is 20.7 Å². The molecule has 116 valence electrons. The van der Waals surface area contributed by atoms with Crippen molar-refractivity contribution in [3.05, 3.63) is 56.2 Å². The van der Waals surface area contributed by atoms with Gasteiger partial charge in [-0.15, -0.1) is 11.3 Å². The quantitative estimate of drug-likeness (QED) is 0.763. The lowest BCUT2D eigenvalue weighted by molar-refractivity contribution is -0.117. The van der Waals surface area contributed by atoms with E-state index in [9.17, 15) is 4.79 Å². The molecule has 3 nitrogen and oxygen atoms in total. The lowest BCUT2D eigenvalue weighted by Gasteiger charge is -2.14. The maximum Gasteiger partial charge on any atom is 0.244 e. The molecule has 5 heteroatoms. The highest BCUT2D eigenvalue weighted by molar-refractivity contribution is 9.10. The normalized spacial score (nSPS) is 12.4. The van der Waals surface area contributed by atoms with E-state index in [1.165, 1.54) is 4.88 Å². The third-order valence-corrected chi connectivity index (χ3v) is 4.78. The van der Waals surface area contributed by atoms with Crippen LogP contribution in [0.1, 0.15) is 28.3 Å². The van der Waals surface area contributed by atoms with Gasteiger partial charge in [0.15, 0.2) is 0 Å². The van der Waals surface area contributed by atoms with Gasteiger partial charge in [-0.1, -0.05) is 6.07 Å². The molecule has 1 N–H and O–H groups in total. The Morgan fingerprint density at radius 3 is 2.73 bits per heavy atom. The smallest absolute Gasteiger partial charge is 0.244 e. The van der Waals surface area contributed by atoms with E-state index in [1.807, 2.05) is 50.3 Å². The highest BCUT2D eigenvalue weighted by atomic mass is 79.9. The van der Waals surface area contributed by atoms with Crippen molar-refractivity contribution in [1.29, 1.82) is 0 Å². The highest BCUT2D eigenvalue weighted by Gasteiger charge is 2.10. The van der Waals surface area contributed by atoms with Crippen LogP contribution in [-0.4, -0.2) is 13.0 Å². The molecule has 0 unspecified atom stereocenters. The summed E-state index contributed by atoms with van der Waals surface area (Å²) in [6.45, 7) is 4.00. The predicted molar refractivity (Wildman–Crippen MR) is 95.3 cm³/mol. The van der Waals surface area contributed by atoms with E-state index in [-0.39, 0.29) is 11.9 Å². The summed E-state index contributed by atoms with van der Waals surface area (Å²) in [6, 6.07) is 9.75. The minimum absolute atomic E-state index is 0.0792. The first-order chi connectivity index (χ1) is 10.5. The first-order valence-corrected chi connectivity index (χ1v) is 8.49. The zero-order valence-electron chi connectivity index (χ0n) is 12.7. The number of thiophene rings is 1. The molecule has 0 saturated carbocycles. The Balaban J connectivity index is 1.99. The number of aryl methyl sites for hydroxylation is 1. The Hall–Kier alpha value is -1.59. The zero-order chi connectivity index (χ0) is 16.1. The lowest BCUT2D eigenvalue weighted by atomic mass is 10.1. The highest BCUT2D eigenvalue weighted by Crippen LogP contribution is 2.28. The van der Waals surface area contributed by atoms with E-state index in [1.54, 1.807) is 24.5 Å². The van der Waals surface area contributed by atoms with Gasteiger partial charge in [-0.3, -0.25) is 4.79 Å². The molecule has 2 aromatic rings. The van der Waals surface area contributed by atoms with E-state index >= 15 is 0 Å². The molecule has 0 aliphatic carbocycles. The van der Waals surface area contributed by atoms with Gasteiger partial charge in [0.1, 0.15) is 5.75 Å². The largest absolute Gasteiger partial charge is 0.496 e. The summed E-state index contributed by atoms with van der Waals surface area (Å²) in [5, 5.41) is 2.96. The van der Waals surface area contributed by atoms with Crippen LogP contribution in [0.3, 0.4) is 0 Å². The number of carbonyl (C=O) groups excluding carboxylic acids is 1. The molecular weight excluding hydrogens is 362 g/mol. The monoisotopic (exact) mass is 379 g/mol. The van der Waals surface area contributed by atoms with Gasteiger partial charge < -0.3 is 10.1 Å². The number of hydrogen-bond acceptors (Lipinski definition) is 3. The van der Waals surface area contributed by atoms with Crippen LogP contribution in [0.5, 0.6) is 5.75 Å². The molecule has 0 radical (unpaired) electrons. The molecule has 0 bridgehead atoms. The average Bonchev–Trinajstić information content (AvgIpc) is 2.90. The van der Waals surface area contributed by atoms with Gasteiger partial charge in [0.25, 0.3) is 0 Å². The SMILES string of the molecule is COc1ccc([C@H](C)NC(=O)/C=C/c2ccc(C)s2)cc1Br. The van der Waals surface area contributed by atoms with Crippen molar-refractivity contribution in [1.82, 2.24) is 5.32 Å². The van der Waals surface area contributed by atoms with Crippen molar-refractivity contribution in [3.63, 3.8) is 0 Å². The Morgan fingerprint density at radius 2 is 2.14 bits per heavy atom. The molecule has 1 amide bonds. The van der Waals surface area contributed by atoms with Crippen LogP contribution in [0.15, 0.2) is 40.9 Å². The molecule has 2 rings (SSSR count). The second-order valence-corrected chi connectivity index (χ2v) is 7.08. The Morgan fingerprint density at radius 1 is 1.36 bits per heavy atom. The maximum absolute atomic E-state index is 12.0. The second-order valence-electron chi connectivity index (χ2n) is 4.91. The van der Waals surface area contributed by atoms with Crippen molar-refractivity contribution in [2.75, 3.05) is 7.11 Å². The fourth-order valence-electron chi connectivity index (χ4n) is 2.00. The van der Waals surface area contributed by atoms with Gasteiger partial charge in [-0.2, -0.15) is 0 Å². The first kappa shape index (κ1) is 16.8. The third kappa shape index (κ3) is 4.45.